The van der Waals surface area contributed by atoms with E-state index in [1.807, 2.05) is 0 Å². The summed E-state index contributed by atoms with van der Waals surface area (Å²) in [5.41, 5.74) is 0.337. The molecule has 0 atom stereocenters. The molecular formula is C11H11NO4. The molecule has 0 amide bonds. The molecule has 84 valence electrons. The molecule has 1 aromatic rings. The molecule has 0 unspecified atom stereocenters. The first-order valence-electron chi connectivity index (χ1n) is 4.73. The molecule has 0 aliphatic rings. The van der Waals surface area contributed by atoms with E-state index in [1.165, 1.54) is 18.2 Å². The van der Waals surface area contributed by atoms with Crippen molar-refractivity contribution in [2.75, 3.05) is 6.61 Å². The molecule has 0 aliphatic carbocycles. The average molecular weight is 221 g/mol. The molecule has 0 bridgehead atoms. The highest BCUT2D eigenvalue weighted by molar-refractivity contribution is 5.87. The van der Waals surface area contributed by atoms with Crippen molar-refractivity contribution >= 4 is 17.7 Å². The zero-order valence-corrected chi connectivity index (χ0v) is 8.75. The Labute approximate surface area is 92.5 Å². The average Bonchev–Trinajstić information content (AvgIpc) is 2.27. The number of nitro groups is 1. The number of esters is 1. The maximum atomic E-state index is 11.0. The molecule has 0 N–H and O–H groups in total. The quantitative estimate of drug-likeness (QED) is 0.338. The van der Waals surface area contributed by atoms with Gasteiger partial charge >= 0.3 is 5.97 Å². The Morgan fingerprint density at radius 2 is 2.19 bits per heavy atom. The normalized spacial score (nSPS) is 10.3. The zero-order valence-electron chi connectivity index (χ0n) is 8.75. The van der Waals surface area contributed by atoms with Gasteiger partial charge in [-0.2, -0.15) is 0 Å². The summed E-state index contributed by atoms with van der Waals surface area (Å²) in [7, 11) is 0. The van der Waals surface area contributed by atoms with Crippen LogP contribution in [0.15, 0.2) is 30.3 Å². The number of para-hydroxylation sites is 1. The molecule has 5 heteroatoms. The zero-order chi connectivity index (χ0) is 12.0. The molecule has 0 saturated carbocycles. The summed E-state index contributed by atoms with van der Waals surface area (Å²) < 4.78 is 4.67. The summed E-state index contributed by atoms with van der Waals surface area (Å²) in [4.78, 5) is 21.2. The van der Waals surface area contributed by atoms with Gasteiger partial charge in [0.25, 0.3) is 5.69 Å². The summed E-state index contributed by atoms with van der Waals surface area (Å²) in [5.74, 6) is -0.513. The number of benzene rings is 1. The van der Waals surface area contributed by atoms with Crippen LogP contribution in [0.5, 0.6) is 0 Å². The van der Waals surface area contributed by atoms with Crippen molar-refractivity contribution in [2.24, 2.45) is 0 Å². The van der Waals surface area contributed by atoms with E-state index >= 15 is 0 Å². The van der Waals surface area contributed by atoms with Gasteiger partial charge in [-0.05, 0) is 19.1 Å². The number of nitrogens with zero attached hydrogens (tertiary/aromatic N) is 1. The lowest BCUT2D eigenvalue weighted by Crippen LogP contribution is -1.99. The number of hydrogen-bond donors (Lipinski definition) is 0. The first-order valence-corrected chi connectivity index (χ1v) is 4.73. The summed E-state index contributed by atoms with van der Waals surface area (Å²) in [6.45, 7) is 1.97. The first kappa shape index (κ1) is 11.9. The number of ether oxygens (including phenoxy) is 1. The summed E-state index contributed by atoms with van der Waals surface area (Å²) in [6, 6.07) is 6.18. The molecule has 16 heavy (non-hydrogen) atoms. The third kappa shape index (κ3) is 3.20. The minimum Gasteiger partial charge on any atom is -0.463 e. The highest BCUT2D eigenvalue weighted by atomic mass is 16.6. The molecule has 5 nitrogen and oxygen atoms in total. The lowest BCUT2D eigenvalue weighted by atomic mass is 10.1. The van der Waals surface area contributed by atoms with Crippen molar-refractivity contribution in [1.29, 1.82) is 0 Å². The van der Waals surface area contributed by atoms with Crippen LogP contribution >= 0.6 is 0 Å². The maximum Gasteiger partial charge on any atom is 0.330 e. The van der Waals surface area contributed by atoms with Gasteiger partial charge in [-0.15, -0.1) is 0 Å². The first-order chi connectivity index (χ1) is 7.65. The van der Waals surface area contributed by atoms with Crippen LogP contribution in [0.3, 0.4) is 0 Å². The van der Waals surface area contributed by atoms with Gasteiger partial charge in [0.05, 0.1) is 17.1 Å². The molecule has 0 radical (unpaired) electrons. The van der Waals surface area contributed by atoms with Crippen LogP contribution in [0.25, 0.3) is 6.08 Å². The van der Waals surface area contributed by atoms with E-state index < -0.39 is 10.9 Å². The Hall–Kier alpha value is -2.17. The fourth-order valence-electron chi connectivity index (χ4n) is 1.14. The van der Waals surface area contributed by atoms with Gasteiger partial charge in [-0.25, -0.2) is 4.79 Å². The van der Waals surface area contributed by atoms with Crippen molar-refractivity contribution in [2.45, 2.75) is 6.92 Å². The Balaban J connectivity index is 2.88. The fraction of sp³-hybridized carbons (Fsp3) is 0.182. The second-order valence-corrected chi connectivity index (χ2v) is 2.90. The van der Waals surface area contributed by atoms with Crippen molar-refractivity contribution in [3.05, 3.63) is 46.0 Å². The van der Waals surface area contributed by atoms with Crippen molar-refractivity contribution in [3.8, 4) is 0 Å². The van der Waals surface area contributed by atoms with Gasteiger partial charge in [0.2, 0.25) is 0 Å². The summed E-state index contributed by atoms with van der Waals surface area (Å²) >= 11 is 0. The highest BCUT2D eigenvalue weighted by Crippen LogP contribution is 2.18. The second kappa shape index (κ2) is 5.65. The number of rotatable bonds is 4. The smallest absolute Gasteiger partial charge is 0.330 e. The van der Waals surface area contributed by atoms with Crippen LogP contribution in [0.1, 0.15) is 12.5 Å². The molecule has 0 spiro atoms. The van der Waals surface area contributed by atoms with Crippen LogP contribution in [0.2, 0.25) is 0 Å². The molecule has 0 saturated heterocycles. The molecular weight excluding hydrogens is 210 g/mol. The van der Waals surface area contributed by atoms with E-state index in [4.69, 9.17) is 0 Å². The van der Waals surface area contributed by atoms with E-state index in [2.05, 4.69) is 4.74 Å². The Morgan fingerprint density at radius 3 is 2.81 bits per heavy atom. The molecule has 0 aliphatic heterocycles. The van der Waals surface area contributed by atoms with E-state index in [9.17, 15) is 14.9 Å². The van der Waals surface area contributed by atoms with Crippen LogP contribution in [-0.2, 0) is 9.53 Å². The number of carbonyl (C=O) groups is 1. The predicted molar refractivity (Wildman–Crippen MR) is 58.8 cm³/mol. The predicted octanol–water partition coefficient (Wildman–Crippen LogP) is 2.17. The van der Waals surface area contributed by atoms with Gasteiger partial charge < -0.3 is 4.74 Å². The van der Waals surface area contributed by atoms with Gasteiger partial charge in [0, 0.05) is 12.1 Å². The number of hydrogen-bond acceptors (Lipinski definition) is 4. The van der Waals surface area contributed by atoms with Gasteiger partial charge in [-0.1, -0.05) is 12.1 Å². The lowest BCUT2D eigenvalue weighted by Gasteiger charge is -1.97. The van der Waals surface area contributed by atoms with Crippen molar-refractivity contribution in [3.63, 3.8) is 0 Å². The standard InChI is InChI=1S/C11H11NO4/c1-2-16-11(13)8-7-9-5-3-4-6-10(9)12(14)15/h3-8H,2H2,1H3. The van der Waals surface area contributed by atoms with E-state index in [-0.39, 0.29) is 12.3 Å². The number of nitro benzene ring substituents is 1. The molecule has 1 rings (SSSR count). The summed E-state index contributed by atoms with van der Waals surface area (Å²) in [6.07, 6.45) is 2.54. The van der Waals surface area contributed by atoms with E-state index in [1.54, 1.807) is 25.1 Å². The molecule has 0 aromatic heterocycles. The second-order valence-electron chi connectivity index (χ2n) is 2.90. The molecule has 0 heterocycles. The van der Waals surface area contributed by atoms with Crippen LogP contribution < -0.4 is 0 Å². The third-order valence-electron chi connectivity index (χ3n) is 1.82. The van der Waals surface area contributed by atoms with Gasteiger partial charge in [0.15, 0.2) is 0 Å². The monoisotopic (exact) mass is 221 g/mol. The lowest BCUT2D eigenvalue weighted by molar-refractivity contribution is -0.385. The van der Waals surface area contributed by atoms with E-state index in [0.717, 1.165) is 0 Å². The Morgan fingerprint density at radius 1 is 1.50 bits per heavy atom. The van der Waals surface area contributed by atoms with Crippen LogP contribution in [0, 0.1) is 10.1 Å². The topological polar surface area (TPSA) is 69.4 Å². The fourth-order valence-corrected chi connectivity index (χ4v) is 1.14. The SMILES string of the molecule is CCOC(=O)C=Cc1ccccc1[N+](=O)[O-]. The Bertz CT molecular complexity index is 426. The minimum atomic E-state index is -0.513. The van der Waals surface area contributed by atoms with Crippen LogP contribution in [0.4, 0.5) is 5.69 Å². The Kier molecular flexibility index (Phi) is 4.20. The van der Waals surface area contributed by atoms with Gasteiger partial charge in [-0.3, -0.25) is 10.1 Å². The largest absolute Gasteiger partial charge is 0.463 e. The van der Waals surface area contributed by atoms with Crippen LogP contribution in [-0.4, -0.2) is 17.5 Å². The third-order valence-corrected chi connectivity index (χ3v) is 1.82. The maximum absolute atomic E-state index is 11.0. The minimum absolute atomic E-state index is 0.0388. The van der Waals surface area contributed by atoms with Crippen molar-refractivity contribution in [1.82, 2.24) is 0 Å². The van der Waals surface area contributed by atoms with Crippen molar-refractivity contribution < 1.29 is 14.5 Å². The molecule has 0 fully saturated rings. The van der Waals surface area contributed by atoms with Gasteiger partial charge in [0.1, 0.15) is 0 Å². The summed E-state index contributed by atoms with van der Waals surface area (Å²) in [5, 5.41) is 10.6. The number of carbonyl (C=O) groups excluding carboxylic acids is 1. The highest BCUT2D eigenvalue weighted by Gasteiger charge is 2.09. The van der Waals surface area contributed by atoms with E-state index in [0.29, 0.717) is 5.56 Å². The molecule has 1 aromatic carbocycles.